The van der Waals surface area contributed by atoms with Crippen molar-refractivity contribution >= 4 is 11.6 Å². The highest BCUT2D eigenvalue weighted by Gasteiger charge is 2.12. The Morgan fingerprint density at radius 2 is 2.11 bits per heavy atom. The van der Waals surface area contributed by atoms with Gasteiger partial charge in [-0.3, -0.25) is 14.9 Å². The monoisotopic (exact) mass is 266 g/mol. The van der Waals surface area contributed by atoms with Crippen LogP contribution in [0.3, 0.4) is 0 Å². The molecule has 1 aromatic carbocycles. The highest BCUT2D eigenvalue weighted by molar-refractivity contribution is 5.77. The van der Waals surface area contributed by atoms with E-state index in [1.54, 1.807) is 6.07 Å². The molecule has 0 aliphatic rings. The second-order valence-electron chi connectivity index (χ2n) is 4.64. The van der Waals surface area contributed by atoms with Crippen LogP contribution in [0.1, 0.15) is 20.8 Å². The van der Waals surface area contributed by atoms with Gasteiger partial charge < -0.3 is 10.1 Å². The van der Waals surface area contributed by atoms with E-state index in [1.165, 1.54) is 18.2 Å². The number of nitrogens with zero attached hydrogens (tertiary/aromatic N) is 1. The van der Waals surface area contributed by atoms with Gasteiger partial charge in [0.1, 0.15) is 5.75 Å². The van der Waals surface area contributed by atoms with Crippen molar-refractivity contribution in [1.29, 1.82) is 0 Å². The molecule has 6 heteroatoms. The number of amides is 1. The zero-order valence-electron chi connectivity index (χ0n) is 11.3. The Labute approximate surface area is 111 Å². The zero-order valence-corrected chi connectivity index (χ0v) is 11.3. The maximum Gasteiger partial charge on any atom is 0.273 e. The lowest BCUT2D eigenvalue weighted by atomic mass is 10.1. The molecule has 19 heavy (non-hydrogen) atoms. The quantitative estimate of drug-likeness (QED) is 0.631. The summed E-state index contributed by atoms with van der Waals surface area (Å²) in [6, 6.07) is 5.81. The number of rotatable bonds is 6. The van der Waals surface area contributed by atoms with Crippen LogP contribution in [0.5, 0.6) is 5.75 Å². The number of nitro benzene ring substituents is 1. The van der Waals surface area contributed by atoms with Gasteiger partial charge >= 0.3 is 0 Å². The van der Waals surface area contributed by atoms with Gasteiger partial charge in [-0.1, -0.05) is 19.9 Å². The highest BCUT2D eigenvalue weighted by atomic mass is 16.6. The minimum Gasteiger partial charge on any atom is -0.484 e. The van der Waals surface area contributed by atoms with Gasteiger partial charge in [0.15, 0.2) is 6.61 Å². The van der Waals surface area contributed by atoms with Crippen LogP contribution in [-0.4, -0.2) is 23.5 Å². The maximum atomic E-state index is 11.6. The van der Waals surface area contributed by atoms with Gasteiger partial charge in [-0.05, 0) is 18.9 Å². The van der Waals surface area contributed by atoms with Crippen LogP contribution >= 0.6 is 0 Å². The van der Waals surface area contributed by atoms with E-state index in [0.717, 1.165) is 0 Å². The van der Waals surface area contributed by atoms with Crippen LogP contribution in [0, 0.1) is 16.0 Å². The lowest BCUT2D eigenvalue weighted by Crippen LogP contribution is -2.38. The first kappa shape index (κ1) is 14.9. The van der Waals surface area contributed by atoms with E-state index in [4.69, 9.17) is 4.74 Å². The molecule has 0 saturated carbocycles. The van der Waals surface area contributed by atoms with Crippen LogP contribution in [0.25, 0.3) is 0 Å². The molecule has 1 amide bonds. The van der Waals surface area contributed by atoms with E-state index in [0.29, 0.717) is 11.7 Å². The van der Waals surface area contributed by atoms with Crippen LogP contribution in [0.2, 0.25) is 0 Å². The molecule has 1 aromatic rings. The Balaban J connectivity index is 2.50. The lowest BCUT2D eigenvalue weighted by molar-refractivity contribution is -0.384. The van der Waals surface area contributed by atoms with Crippen LogP contribution in [-0.2, 0) is 4.79 Å². The van der Waals surface area contributed by atoms with Gasteiger partial charge in [0, 0.05) is 12.1 Å². The number of carbonyl (C=O) groups excluding carboxylic acids is 1. The number of nitrogens with one attached hydrogen (secondary N) is 1. The number of hydrogen-bond acceptors (Lipinski definition) is 4. The van der Waals surface area contributed by atoms with Crippen LogP contribution in [0.4, 0.5) is 5.69 Å². The van der Waals surface area contributed by atoms with Crippen LogP contribution < -0.4 is 10.1 Å². The van der Waals surface area contributed by atoms with Crippen molar-refractivity contribution in [3.05, 3.63) is 34.4 Å². The van der Waals surface area contributed by atoms with Gasteiger partial charge in [0.25, 0.3) is 11.6 Å². The summed E-state index contributed by atoms with van der Waals surface area (Å²) in [6.07, 6.45) is 0. The Bertz CT molecular complexity index is 460. The smallest absolute Gasteiger partial charge is 0.273 e. The molecular weight excluding hydrogens is 248 g/mol. The number of ether oxygens (including phenoxy) is 1. The molecule has 1 atom stereocenters. The number of benzene rings is 1. The van der Waals surface area contributed by atoms with Crippen molar-refractivity contribution in [3.63, 3.8) is 0 Å². The summed E-state index contributed by atoms with van der Waals surface area (Å²) in [6.45, 7) is 5.77. The van der Waals surface area contributed by atoms with E-state index in [-0.39, 0.29) is 24.2 Å². The van der Waals surface area contributed by atoms with E-state index in [2.05, 4.69) is 5.32 Å². The third-order valence-electron chi connectivity index (χ3n) is 2.79. The first-order chi connectivity index (χ1) is 8.90. The summed E-state index contributed by atoms with van der Waals surface area (Å²) in [5.41, 5.74) is -0.0616. The summed E-state index contributed by atoms with van der Waals surface area (Å²) in [5.74, 6) is 0.399. The molecule has 0 spiro atoms. The fraction of sp³-hybridized carbons (Fsp3) is 0.462. The zero-order chi connectivity index (χ0) is 14.4. The lowest BCUT2D eigenvalue weighted by Gasteiger charge is -2.17. The molecule has 1 rings (SSSR count). The SMILES string of the molecule is CC(C)[C@H](C)NC(=O)COc1cccc([N+](=O)[O-])c1. The average molecular weight is 266 g/mol. The minimum absolute atomic E-state index is 0.0567. The maximum absolute atomic E-state index is 11.6. The third-order valence-corrected chi connectivity index (χ3v) is 2.79. The molecule has 0 unspecified atom stereocenters. The minimum atomic E-state index is -0.506. The van der Waals surface area contributed by atoms with Gasteiger partial charge in [-0.2, -0.15) is 0 Å². The van der Waals surface area contributed by atoms with Gasteiger partial charge in [-0.15, -0.1) is 0 Å². The number of non-ortho nitro benzene ring substituents is 1. The fourth-order valence-corrected chi connectivity index (χ4v) is 1.30. The van der Waals surface area contributed by atoms with Gasteiger partial charge in [0.05, 0.1) is 11.0 Å². The molecule has 0 aliphatic carbocycles. The normalized spacial score (nSPS) is 12.0. The number of nitro groups is 1. The summed E-state index contributed by atoms with van der Waals surface area (Å²) in [7, 11) is 0. The predicted molar refractivity (Wildman–Crippen MR) is 71.0 cm³/mol. The summed E-state index contributed by atoms with van der Waals surface area (Å²) in [4.78, 5) is 21.7. The Morgan fingerprint density at radius 1 is 1.42 bits per heavy atom. The molecule has 0 radical (unpaired) electrons. The molecule has 104 valence electrons. The van der Waals surface area contributed by atoms with Crippen molar-refractivity contribution in [1.82, 2.24) is 5.32 Å². The molecule has 0 fully saturated rings. The second kappa shape index (κ2) is 6.72. The largest absolute Gasteiger partial charge is 0.484 e. The molecule has 1 N–H and O–H groups in total. The number of hydrogen-bond donors (Lipinski definition) is 1. The van der Waals surface area contributed by atoms with Crippen molar-refractivity contribution in [2.75, 3.05) is 6.61 Å². The third kappa shape index (κ3) is 4.95. The molecule has 0 saturated heterocycles. The molecule has 0 bridgehead atoms. The molecule has 6 nitrogen and oxygen atoms in total. The van der Waals surface area contributed by atoms with Gasteiger partial charge in [0.2, 0.25) is 0 Å². The van der Waals surface area contributed by atoms with E-state index in [9.17, 15) is 14.9 Å². The van der Waals surface area contributed by atoms with Crippen LogP contribution in [0.15, 0.2) is 24.3 Å². The average Bonchev–Trinajstić information content (AvgIpc) is 2.36. The van der Waals surface area contributed by atoms with E-state index < -0.39 is 4.92 Å². The molecule has 0 heterocycles. The number of carbonyl (C=O) groups is 1. The first-order valence-electron chi connectivity index (χ1n) is 6.06. The van der Waals surface area contributed by atoms with Crippen molar-refractivity contribution in [3.8, 4) is 5.75 Å². The second-order valence-corrected chi connectivity index (χ2v) is 4.64. The standard InChI is InChI=1S/C13H18N2O4/c1-9(2)10(3)14-13(16)8-19-12-6-4-5-11(7-12)15(17)18/h4-7,9-10H,8H2,1-3H3,(H,14,16)/t10-/m0/s1. The summed E-state index contributed by atoms with van der Waals surface area (Å²) >= 11 is 0. The first-order valence-corrected chi connectivity index (χ1v) is 6.06. The Hall–Kier alpha value is -2.11. The molecular formula is C13H18N2O4. The topological polar surface area (TPSA) is 81.5 Å². The predicted octanol–water partition coefficient (Wildman–Crippen LogP) is 2.13. The summed E-state index contributed by atoms with van der Waals surface area (Å²) < 4.78 is 5.22. The van der Waals surface area contributed by atoms with Crippen molar-refractivity contribution < 1.29 is 14.5 Å². The highest BCUT2D eigenvalue weighted by Crippen LogP contribution is 2.18. The van der Waals surface area contributed by atoms with Crippen molar-refractivity contribution in [2.24, 2.45) is 5.92 Å². The Kier molecular flexibility index (Phi) is 5.29. The van der Waals surface area contributed by atoms with Gasteiger partial charge in [-0.25, -0.2) is 0 Å². The molecule has 0 aromatic heterocycles. The van der Waals surface area contributed by atoms with Crippen molar-refractivity contribution in [2.45, 2.75) is 26.8 Å². The molecule has 0 aliphatic heterocycles. The van der Waals surface area contributed by atoms with E-state index >= 15 is 0 Å². The van der Waals surface area contributed by atoms with E-state index in [1.807, 2.05) is 20.8 Å². The summed E-state index contributed by atoms with van der Waals surface area (Å²) in [5, 5.41) is 13.4. The fourth-order valence-electron chi connectivity index (χ4n) is 1.30. The Morgan fingerprint density at radius 3 is 2.68 bits per heavy atom.